The molecule has 0 aliphatic rings. The number of rotatable bonds is 10. The molecule has 0 radical (unpaired) electrons. The largest absolute Gasteiger partial charge is 0.495 e. The number of hydrogen-bond acceptors (Lipinski definition) is 8. The van der Waals surface area contributed by atoms with Gasteiger partial charge in [-0.05, 0) is 36.4 Å². The van der Waals surface area contributed by atoms with E-state index in [0.717, 1.165) is 5.56 Å². The Kier molecular flexibility index (Phi) is 8.12. The molecule has 2 N–H and O–H groups in total. The first-order valence-corrected chi connectivity index (χ1v) is 12.5. The summed E-state index contributed by atoms with van der Waals surface area (Å²) < 4.78 is 30.8. The molecular formula is C25H24N5O4P. The van der Waals surface area contributed by atoms with Crippen LogP contribution in [0.3, 0.4) is 0 Å². The van der Waals surface area contributed by atoms with Crippen LogP contribution in [0.15, 0.2) is 84.9 Å². The van der Waals surface area contributed by atoms with E-state index in [9.17, 15) is 4.57 Å². The summed E-state index contributed by atoms with van der Waals surface area (Å²) in [6.07, 6.45) is 0.195. The van der Waals surface area contributed by atoms with Gasteiger partial charge in [0.2, 0.25) is 0 Å². The SMILES string of the molecule is COc1ccccc1C#CC[C@H](NCP(=O)(Oc1ccccc1)Oc1ccccc1)c1nn[nH]n1. The summed E-state index contributed by atoms with van der Waals surface area (Å²) in [7, 11) is -2.09. The lowest BCUT2D eigenvalue weighted by atomic mass is 10.1. The average Bonchev–Trinajstić information content (AvgIpc) is 3.42. The van der Waals surface area contributed by atoms with Crippen LogP contribution in [0.1, 0.15) is 23.9 Å². The van der Waals surface area contributed by atoms with E-state index in [1.807, 2.05) is 36.4 Å². The van der Waals surface area contributed by atoms with Gasteiger partial charge in [0, 0.05) is 6.42 Å². The predicted octanol–water partition coefficient (Wildman–Crippen LogP) is 4.59. The second kappa shape index (κ2) is 11.8. The van der Waals surface area contributed by atoms with Crippen LogP contribution in [0.4, 0.5) is 0 Å². The van der Waals surface area contributed by atoms with E-state index in [1.54, 1.807) is 55.6 Å². The lowest BCUT2D eigenvalue weighted by molar-refractivity contribution is 0.375. The molecule has 1 atom stereocenters. The van der Waals surface area contributed by atoms with E-state index < -0.39 is 13.6 Å². The molecule has 0 aliphatic heterocycles. The fourth-order valence-electron chi connectivity index (χ4n) is 3.16. The predicted molar refractivity (Wildman–Crippen MR) is 131 cm³/mol. The maximum absolute atomic E-state index is 13.8. The number of H-pyrrole nitrogens is 1. The van der Waals surface area contributed by atoms with E-state index in [2.05, 4.69) is 37.8 Å². The molecule has 0 saturated heterocycles. The van der Waals surface area contributed by atoms with Crippen molar-refractivity contribution in [2.45, 2.75) is 12.5 Å². The van der Waals surface area contributed by atoms with Gasteiger partial charge in [-0.3, -0.25) is 5.32 Å². The van der Waals surface area contributed by atoms with Crippen LogP contribution in [-0.2, 0) is 4.57 Å². The number of nitrogens with zero attached hydrogens (tertiary/aromatic N) is 3. The van der Waals surface area contributed by atoms with Crippen LogP contribution in [0.5, 0.6) is 17.2 Å². The molecule has 1 aromatic heterocycles. The van der Waals surface area contributed by atoms with Gasteiger partial charge in [-0.15, -0.1) is 10.2 Å². The van der Waals surface area contributed by atoms with Crippen molar-refractivity contribution in [2.75, 3.05) is 13.4 Å². The van der Waals surface area contributed by atoms with Crippen LogP contribution < -0.4 is 19.1 Å². The molecule has 0 spiro atoms. The van der Waals surface area contributed by atoms with E-state index in [0.29, 0.717) is 29.5 Å². The lowest BCUT2D eigenvalue weighted by Gasteiger charge is -2.22. The van der Waals surface area contributed by atoms with Gasteiger partial charge in [0.15, 0.2) is 5.82 Å². The molecule has 1 heterocycles. The fourth-order valence-corrected chi connectivity index (χ4v) is 4.65. The molecular weight excluding hydrogens is 465 g/mol. The second-order valence-corrected chi connectivity index (χ2v) is 9.21. The first-order chi connectivity index (χ1) is 17.1. The number of nitrogens with one attached hydrogen (secondary N) is 2. The molecule has 9 nitrogen and oxygen atoms in total. The van der Waals surface area contributed by atoms with Crippen molar-refractivity contribution in [1.82, 2.24) is 25.9 Å². The average molecular weight is 489 g/mol. The van der Waals surface area contributed by atoms with Crippen LogP contribution in [-0.4, -0.2) is 34.0 Å². The van der Waals surface area contributed by atoms with Gasteiger partial charge in [-0.25, -0.2) is 4.57 Å². The third kappa shape index (κ3) is 6.93. The molecule has 4 rings (SSSR count). The van der Waals surface area contributed by atoms with Crippen molar-refractivity contribution in [3.05, 3.63) is 96.3 Å². The van der Waals surface area contributed by atoms with Crippen molar-refractivity contribution < 1.29 is 18.3 Å². The number of aromatic nitrogens is 4. The van der Waals surface area contributed by atoms with Crippen molar-refractivity contribution in [3.8, 4) is 29.1 Å². The number of hydrogen-bond donors (Lipinski definition) is 2. The zero-order valence-corrected chi connectivity index (χ0v) is 19.9. The van der Waals surface area contributed by atoms with E-state index in [4.69, 9.17) is 13.8 Å². The van der Waals surface area contributed by atoms with Crippen molar-refractivity contribution in [2.24, 2.45) is 0 Å². The first kappa shape index (κ1) is 24.0. The minimum absolute atomic E-state index is 0.119. The molecule has 178 valence electrons. The third-order valence-corrected chi connectivity index (χ3v) is 6.36. The molecule has 35 heavy (non-hydrogen) atoms. The number of ether oxygens (including phenoxy) is 1. The van der Waals surface area contributed by atoms with Gasteiger partial charge >= 0.3 is 7.60 Å². The molecule has 0 unspecified atom stereocenters. The monoisotopic (exact) mass is 489 g/mol. The normalized spacial score (nSPS) is 11.7. The maximum Gasteiger partial charge on any atom is 0.444 e. The summed E-state index contributed by atoms with van der Waals surface area (Å²) in [5.41, 5.74) is 0.757. The van der Waals surface area contributed by atoms with Gasteiger partial charge in [-0.2, -0.15) is 5.21 Å². The van der Waals surface area contributed by atoms with Crippen molar-refractivity contribution >= 4 is 7.60 Å². The number of aromatic amines is 1. The summed E-state index contributed by atoms with van der Waals surface area (Å²) in [6.45, 7) is 0. The van der Waals surface area contributed by atoms with Gasteiger partial charge in [0.05, 0.1) is 18.7 Å². The van der Waals surface area contributed by atoms with Crippen LogP contribution in [0.25, 0.3) is 0 Å². The Morgan fingerprint density at radius 2 is 1.57 bits per heavy atom. The molecule has 0 amide bonds. The maximum atomic E-state index is 13.8. The Labute approximate surface area is 203 Å². The second-order valence-electron chi connectivity index (χ2n) is 7.31. The number of benzene rings is 3. The third-order valence-electron chi connectivity index (χ3n) is 4.82. The quantitative estimate of drug-likeness (QED) is 0.246. The summed E-state index contributed by atoms with van der Waals surface area (Å²) >= 11 is 0. The van der Waals surface area contributed by atoms with Crippen LogP contribution in [0.2, 0.25) is 0 Å². The Bertz CT molecular complexity index is 1260. The van der Waals surface area contributed by atoms with E-state index in [-0.39, 0.29) is 6.29 Å². The summed E-state index contributed by atoms with van der Waals surface area (Å²) in [6, 6.07) is 24.8. The highest BCUT2D eigenvalue weighted by Crippen LogP contribution is 2.47. The summed E-state index contributed by atoms with van der Waals surface area (Å²) in [4.78, 5) is 0. The Balaban J connectivity index is 1.53. The molecule has 3 aromatic carbocycles. The summed E-state index contributed by atoms with van der Waals surface area (Å²) in [5, 5.41) is 17.4. The van der Waals surface area contributed by atoms with Gasteiger partial charge in [0.25, 0.3) is 0 Å². The smallest absolute Gasteiger partial charge is 0.444 e. The molecule has 0 bridgehead atoms. The Hall–Kier alpha value is -4.12. The van der Waals surface area contributed by atoms with Gasteiger partial charge in [-0.1, -0.05) is 65.6 Å². The van der Waals surface area contributed by atoms with E-state index >= 15 is 0 Å². The van der Waals surface area contributed by atoms with Crippen molar-refractivity contribution in [1.29, 1.82) is 0 Å². The number of tetrazole rings is 1. The molecule has 0 aliphatic carbocycles. The molecule has 4 aromatic rings. The van der Waals surface area contributed by atoms with E-state index in [1.165, 1.54) is 0 Å². The molecule has 0 fully saturated rings. The van der Waals surface area contributed by atoms with Gasteiger partial charge in [0.1, 0.15) is 23.5 Å². The topological polar surface area (TPSA) is 111 Å². The number of para-hydroxylation sites is 3. The minimum atomic E-state index is -3.69. The molecule has 10 heteroatoms. The highest BCUT2D eigenvalue weighted by atomic mass is 31.2. The standard InChI is InChI=1S/C25H24N5O4P/c1-32-24-18-9-8-11-20(24)12-10-17-23(25-27-29-30-28-25)26-19-35(31,33-21-13-4-2-5-14-21)34-22-15-6-3-7-16-22/h2-9,11,13-16,18,23,26H,17,19H2,1H3,(H,27,28,29,30)/t23-/m0/s1. The zero-order valence-electron chi connectivity index (χ0n) is 19.0. The first-order valence-electron chi connectivity index (χ1n) is 10.8. The highest BCUT2D eigenvalue weighted by molar-refractivity contribution is 7.54. The number of methoxy groups -OCH3 is 1. The van der Waals surface area contributed by atoms with Gasteiger partial charge < -0.3 is 13.8 Å². The Morgan fingerprint density at radius 3 is 2.17 bits per heavy atom. The zero-order chi connectivity index (χ0) is 24.3. The molecule has 0 saturated carbocycles. The van der Waals surface area contributed by atoms with Crippen LogP contribution >= 0.6 is 7.60 Å². The summed E-state index contributed by atoms with van der Waals surface area (Å²) in [5.74, 6) is 8.14. The highest BCUT2D eigenvalue weighted by Gasteiger charge is 2.30. The fraction of sp³-hybridized carbons (Fsp3) is 0.160. The van der Waals surface area contributed by atoms with Crippen molar-refractivity contribution in [3.63, 3.8) is 0 Å². The van der Waals surface area contributed by atoms with Crippen LogP contribution in [0, 0.1) is 11.8 Å². The lowest BCUT2D eigenvalue weighted by Crippen LogP contribution is -2.26. The Morgan fingerprint density at radius 1 is 0.943 bits per heavy atom. The minimum Gasteiger partial charge on any atom is -0.495 e.